The molecule has 0 aliphatic carbocycles. The van der Waals surface area contributed by atoms with Crippen molar-refractivity contribution in [2.45, 2.75) is 45.9 Å². The number of carbonyl (C=O) groups is 2. The zero-order chi connectivity index (χ0) is 20.9. The Morgan fingerprint density at radius 2 is 1.75 bits per heavy atom. The SMILES string of the molecule is COc1ccc(C(=O)O[C@@H](C)C(=O)N(Cc2ccccc2)C(C)(C)C)c(O)c1. The molecule has 0 saturated heterocycles. The van der Waals surface area contributed by atoms with Gasteiger partial charge in [-0.1, -0.05) is 30.3 Å². The first-order valence-electron chi connectivity index (χ1n) is 9.07. The summed E-state index contributed by atoms with van der Waals surface area (Å²) >= 11 is 0. The van der Waals surface area contributed by atoms with E-state index < -0.39 is 17.6 Å². The van der Waals surface area contributed by atoms with E-state index in [1.807, 2.05) is 51.1 Å². The lowest BCUT2D eigenvalue weighted by Gasteiger charge is -2.37. The van der Waals surface area contributed by atoms with Crippen molar-refractivity contribution in [1.82, 2.24) is 4.90 Å². The minimum Gasteiger partial charge on any atom is -0.507 e. The highest BCUT2D eigenvalue weighted by Gasteiger charge is 2.32. The monoisotopic (exact) mass is 385 g/mol. The zero-order valence-electron chi connectivity index (χ0n) is 16.9. The van der Waals surface area contributed by atoms with Gasteiger partial charge in [0, 0.05) is 18.2 Å². The maximum absolute atomic E-state index is 13.0. The van der Waals surface area contributed by atoms with Gasteiger partial charge in [0.05, 0.1) is 7.11 Å². The van der Waals surface area contributed by atoms with Crippen LogP contribution >= 0.6 is 0 Å². The predicted molar refractivity (Wildman–Crippen MR) is 106 cm³/mol. The largest absolute Gasteiger partial charge is 0.507 e. The summed E-state index contributed by atoms with van der Waals surface area (Å²) in [4.78, 5) is 27.1. The van der Waals surface area contributed by atoms with E-state index in [1.54, 1.807) is 11.0 Å². The van der Waals surface area contributed by atoms with Gasteiger partial charge >= 0.3 is 5.97 Å². The molecule has 150 valence electrons. The van der Waals surface area contributed by atoms with Gasteiger partial charge in [-0.05, 0) is 45.4 Å². The van der Waals surface area contributed by atoms with Crippen LogP contribution in [0.15, 0.2) is 48.5 Å². The third-order valence-corrected chi connectivity index (χ3v) is 4.32. The summed E-state index contributed by atoms with van der Waals surface area (Å²) in [5.74, 6) is -0.923. The average Bonchev–Trinajstić information content (AvgIpc) is 2.65. The van der Waals surface area contributed by atoms with E-state index in [1.165, 1.54) is 26.2 Å². The molecule has 0 spiro atoms. The molecule has 1 N–H and O–H groups in total. The number of nitrogens with zero attached hydrogens (tertiary/aromatic N) is 1. The van der Waals surface area contributed by atoms with E-state index >= 15 is 0 Å². The smallest absolute Gasteiger partial charge is 0.342 e. The maximum atomic E-state index is 13.0. The third kappa shape index (κ3) is 5.25. The summed E-state index contributed by atoms with van der Waals surface area (Å²) in [5.41, 5.74) is 0.499. The summed E-state index contributed by atoms with van der Waals surface area (Å²) in [7, 11) is 1.46. The molecule has 1 atom stereocenters. The Bertz CT molecular complexity index is 827. The number of hydrogen-bond acceptors (Lipinski definition) is 5. The second kappa shape index (κ2) is 8.78. The fourth-order valence-corrected chi connectivity index (χ4v) is 2.72. The molecule has 2 aromatic rings. The fraction of sp³-hybridized carbons (Fsp3) is 0.364. The first kappa shape index (κ1) is 21.3. The van der Waals surface area contributed by atoms with Gasteiger partial charge in [-0.25, -0.2) is 4.79 Å². The molecule has 2 rings (SSSR count). The van der Waals surface area contributed by atoms with Crippen molar-refractivity contribution in [2.24, 2.45) is 0 Å². The number of amides is 1. The molecule has 0 bridgehead atoms. The highest BCUT2D eigenvalue weighted by molar-refractivity contribution is 5.94. The lowest BCUT2D eigenvalue weighted by atomic mass is 10.0. The lowest BCUT2D eigenvalue weighted by Crippen LogP contribution is -2.49. The number of aromatic hydroxyl groups is 1. The van der Waals surface area contributed by atoms with Gasteiger partial charge in [-0.3, -0.25) is 4.79 Å². The number of carbonyl (C=O) groups excluding carboxylic acids is 2. The maximum Gasteiger partial charge on any atom is 0.342 e. The Labute approximate surface area is 165 Å². The minimum atomic E-state index is -1.00. The average molecular weight is 385 g/mol. The van der Waals surface area contributed by atoms with Crippen LogP contribution in [0.4, 0.5) is 0 Å². The van der Waals surface area contributed by atoms with E-state index in [0.717, 1.165) is 5.56 Å². The highest BCUT2D eigenvalue weighted by atomic mass is 16.5. The number of rotatable bonds is 6. The number of hydrogen-bond donors (Lipinski definition) is 1. The zero-order valence-corrected chi connectivity index (χ0v) is 16.9. The van der Waals surface area contributed by atoms with Crippen LogP contribution in [0.5, 0.6) is 11.5 Å². The Balaban J connectivity index is 2.15. The van der Waals surface area contributed by atoms with Gasteiger partial charge < -0.3 is 19.5 Å². The Hall–Kier alpha value is -3.02. The molecule has 0 unspecified atom stereocenters. The van der Waals surface area contributed by atoms with Crippen molar-refractivity contribution < 1.29 is 24.2 Å². The van der Waals surface area contributed by atoms with Gasteiger partial charge in [0.2, 0.25) is 0 Å². The molecule has 28 heavy (non-hydrogen) atoms. The molecule has 0 aliphatic rings. The molecule has 0 fully saturated rings. The standard InChI is InChI=1S/C22H27NO5/c1-15(28-21(26)18-12-11-17(27-5)13-19(18)24)20(25)23(22(2,3)4)14-16-9-7-6-8-10-16/h6-13,15,24H,14H2,1-5H3/t15-/m0/s1. The van der Waals surface area contributed by atoms with Crippen LogP contribution in [0.3, 0.4) is 0 Å². The summed E-state index contributed by atoms with van der Waals surface area (Å²) in [6.07, 6.45) is -1.00. The van der Waals surface area contributed by atoms with Crippen LogP contribution < -0.4 is 4.74 Å². The normalized spacial score (nSPS) is 12.2. The minimum absolute atomic E-state index is 0.0224. The van der Waals surface area contributed by atoms with E-state index in [-0.39, 0.29) is 17.2 Å². The van der Waals surface area contributed by atoms with Crippen LogP contribution in [0.1, 0.15) is 43.6 Å². The number of benzene rings is 2. The quantitative estimate of drug-likeness (QED) is 0.766. The molecular formula is C22H27NO5. The van der Waals surface area contributed by atoms with Crippen LogP contribution in [0, 0.1) is 0 Å². The Morgan fingerprint density at radius 1 is 1.11 bits per heavy atom. The Morgan fingerprint density at radius 3 is 2.29 bits per heavy atom. The first-order chi connectivity index (χ1) is 13.1. The predicted octanol–water partition coefficient (Wildman–Crippen LogP) is 3.77. The van der Waals surface area contributed by atoms with E-state index in [0.29, 0.717) is 12.3 Å². The van der Waals surface area contributed by atoms with Gasteiger partial charge in [-0.2, -0.15) is 0 Å². The second-order valence-electron chi connectivity index (χ2n) is 7.51. The molecule has 6 heteroatoms. The van der Waals surface area contributed by atoms with Gasteiger partial charge in [-0.15, -0.1) is 0 Å². The van der Waals surface area contributed by atoms with Gasteiger partial charge in [0.25, 0.3) is 5.91 Å². The van der Waals surface area contributed by atoms with Crippen molar-refractivity contribution in [3.05, 3.63) is 59.7 Å². The lowest BCUT2D eigenvalue weighted by molar-refractivity contribution is -0.145. The molecule has 0 heterocycles. The fourth-order valence-electron chi connectivity index (χ4n) is 2.72. The molecular weight excluding hydrogens is 358 g/mol. The molecule has 0 aliphatic heterocycles. The van der Waals surface area contributed by atoms with Crippen molar-refractivity contribution in [3.8, 4) is 11.5 Å². The second-order valence-corrected chi connectivity index (χ2v) is 7.51. The van der Waals surface area contributed by atoms with Crippen LogP contribution in [-0.2, 0) is 16.1 Å². The van der Waals surface area contributed by atoms with Crippen molar-refractivity contribution >= 4 is 11.9 Å². The van der Waals surface area contributed by atoms with Crippen molar-refractivity contribution in [1.29, 1.82) is 0 Å². The van der Waals surface area contributed by atoms with Gasteiger partial charge in [0.15, 0.2) is 6.10 Å². The van der Waals surface area contributed by atoms with E-state index in [4.69, 9.17) is 9.47 Å². The Kier molecular flexibility index (Phi) is 6.67. The number of phenolic OH excluding ortho intramolecular Hbond substituents is 1. The van der Waals surface area contributed by atoms with E-state index in [9.17, 15) is 14.7 Å². The summed E-state index contributed by atoms with van der Waals surface area (Å²) in [6.45, 7) is 7.72. The van der Waals surface area contributed by atoms with Gasteiger partial charge in [0.1, 0.15) is 17.1 Å². The summed E-state index contributed by atoms with van der Waals surface area (Å²) in [5, 5.41) is 10.0. The van der Waals surface area contributed by atoms with Crippen LogP contribution in [0.25, 0.3) is 0 Å². The topological polar surface area (TPSA) is 76.1 Å². The summed E-state index contributed by atoms with van der Waals surface area (Å²) in [6, 6.07) is 13.9. The molecule has 0 aromatic heterocycles. The van der Waals surface area contributed by atoms with Crippen LogP contribution in [-0.4, -0.2) is 40.6 Å². The van der Waals surface area contributed by atoms with Crippen LogP contribution in [0.2, 0.25) is 0 Å². The molecule has 0 radical (unpaired) electrons. The molecule has 1 amide bonds. The molecule has 0 saturated carbocycles. The third-order valence-electron chi connectivity index (χ3n) is 4.32. The highest BCUT2D eigenvalue weighted by Crippen LogP contribution is 2.25. The number of phenols is 1. The number of methoxy groups -OCH3 is 1. The molecule has 6 nitrogen and oxygen atoms in total. The van der Waals surface area contributed by atoms with Crippen molar-refractivity contribution in [2.75, 3.05) is 7.11 Å². The number of esters is 1. The molecule has 2 aromatic carbocycles. The number of ether oxygens (including phenoxy) is 2. The first-order valence-corrected chi connectivity index (χ1v) is 9.07. The van der Waals surface area contributed by atoms with Crippen molar-refractivity contribution in [3.63, 3.8) is 0 Å². The van der Waals surface area contributed by atoms with E-state index in [2.05, 4.69) is 0 Å². The summed E-state index contributed by atoms with van der Waals surface area (Å²) < 4.78 is 10.3.